The molecule has 4 heteroatoms. The molecule has 0 saturated carbocycles. The number of hydrogen-bond acceptors (Lipinski definition) is 1. The number of hydrogen-bond donors (Lipinski definition) is 0. The maximum atomic E-state index is 12.7. The summed E-state index contributed by atoms with van der Waals surface area (Å²) in [6.45, 7) is 2.27. The largest absolute Gasteiger partial charge is 0.307 e. The summed E-state index contributed by atoms with van der Waals surface area (Å²) in [6.07, 6.45) is 0. The first-order chi connectivity index (χ1) is 6.32. The summed E-state index contributed by atoms with van der Waals surface area (Å²) in [5, 5.41) is 0.0575. The molecule has 0 unspecified atom stereocenters. The molecule has 1 nitrogen and oxygen atoms in total. The standard InChI is InChI=1S/C10H9ClF2O/c1-6-3-4-8(11)7(5-6)9(14)10(2,12)13/h3-5H,1-2H3. The molecule has 0 aliphatic heterocycles. The van der Waals surface area contributed by atoms with E-state index in [1.165, 1.54) is 12.1 Å². The first-order valence-corrected chi connectivity index (χ1v) is 4.39. The van der Waals surface area contributed by atoms with Gasteiger partial charge in [-0.05, 0) is 19.1 Å². The molecule has 0 fully saturated rings. The molecule has 0 heterocycles. The minimum atomic E-state index is -3.38. The molecule has 0 amide bonds. The topological polar surface area (TPSA) is 17.1 Å². The van der Waals surface area contributed by atoms with Gasteiger partial charge in [-0.25, -0.2) is 0 Å². The van der Waals surface area contributed by atoms with Crippen molar-refractivity contribution in [2.24, 2.45) is 0 Å². The van der Waals surface area contributed by atoms with Gasteiger partial charge in [-0.1, -0.05) is 23.2 Å². The van der Waals surface area contributed by atoms with Crippen LogP contribution in [-0.2, 0) is 0 Å². The van der Waals surface area contributed by atoms with E-state index in [1.807, 2.05) is 0 Å². The van der Waals surface area contributed by atoms with Crippen LogP contribution in [0.15, 0.2) is 18.2 Å². The van der Waals surface area contributed by atoms with Crippen molar-refractivity contribution in [3.05, 3.63) is 34.3 Å². The Morgan fingerprint density at radius 3 is 2.50 bits per heavy atom. The Balaban J connectivity index is 3.19. The Kier molecular flexibility index (Phi) is 2.90. The third kappa shape index (κ3) is 2.29. The van der Waals surface area contributed by atoms with Crippen LogP contribution in [0.5, 0.6) is 0 Å². The van der Waals surface area contributed by atoms with Crippen LogP contribution in [0.25, 0.3) is 0 Å². The van der Waals surface area contributed by atoms with E-state index < -0.39 is 11.7 Å². The van der Waals surface area contributed by atoms with E-state index in [2.05, 4.69) is 0 Å². The van der Waals surface area contributed by atoms with Gasteiger partial charge in [-0.15, -0.1) is 0 Å². The summed E-state index contributed by atoms with van der Waals surface area (Å²) < 4.78 is 25.4. The van der Waals surface area contributed by atoms with Crippen LogP contribution in [0.1, 0.15) is 22.8 Å². The van der Waals surface area contributed by atoms with Crippen LogP contribution in [0.2, 0.25) is 5.02 Å². The zero-order valence-corrected chi connectivity index (χ0v) is 8.53. The van der Waals surface area contributed by atoms with Crippen LogP contribution >= 0.6 is 11.6 Å². The Hall–Kier alpha value is -0.960. The molecule has 14 heavy (non-hydrogen) atoms. The normalized spacial score (nSPS) is 11.5. The van der Waals surface area contributed by atoms with Gasteiger partial charge in [-0.2, -0.15) is 8.78 Å². The number of alkyl halides is 2. The van der Waals surface area contributed by atoms with Crippen molar-refractivity contribution < 1.29 is 13.6 Å². The lowest BCUT2D eigenvalue weighted by molar-refractivity contribution is 0.0222. The van der Waals surface area contributed by atoms with Gasteiger partial charge in [0.25, 0.3) is 0 Å². The zero-order chi connectivity index (χ0) is 10.9. The van der Waals surface area contributed by atoms with E-state index in [1.54, 1.807) is 13.0 Å². The molecule has 1 aromatic carbocycles. The lowest BCUT2D eigenvalue weighted by Crippen LogP contribution is -2.24. The number of Topliss-reactive ketones (excluding diaryl/α,β-unsaturated/α-hetero) is 1. The van der Waals surface area contributed by atoms with Crippen LogP contribution in [0.3, 0.4) is 0 Å². The molecule has 0 aliphatic rings. The van der Waals surface area contributed by atoms with Crippen molar-refractivity contribution in [3.8, 4) is 0 Å². The van der Waals surface area contributed by atoms with Gasteiger partial charge in [0.15, 0.2) is 0 Å². The van der Waals surface area contributed by atoms with E-state index in [9.17, 15) is 13.6 Å². The van der Waals surface area contributed by atoms with Gasteiger partial charge in [0.05, 0.1) is 5.02 Å². The molecule has 0 aromatic heterocycles. The van der Waals surface area contributed by atoms with E-state index >= 15 is 0 Å². The van der Waals surface area contributed by atoms with Crippen molar-refractivity contribution in [2.45, 2.75) is 19.8 Å². The Bertz CT molecular complexity index is 369. The first-order valence-electron chi connectivity index (χ1n) is 4.01. The van der Waals surface area contributed by atoms with Crippen molar-refractivity contribution in [2.75, 3.05) is 0 Å². The van der Waals surface area contributed by atoms with Crippen LogP contribution in [0.4, 0.5) is 8.78 Å². The molecule has 0 radical (unpaired) electrons. The number of carbonyl (C=O) groups excluding carboxylic acids is 1. The molecule has 1 rings (SSSR count). The average Bonchev–Trinajstić information content (AvgIpc) is 2.06. The highest BCUT2D eigenvalue weighted by Crippen LogP contribution is 2.25. The summed E-state index contributed by atoms with van der Waals surface area (Å²) in [5.74, 6) is -4.62. The van der Waals surface area contributed by atoms with Crippen molar-refractivity contribution in [3.63, 3.8) is 0 Å². The minimum Gasteiger partial charge on any atom is -0.287 e. The fraction of sp³-hybridized carbons (Fsp3) is 0.300. The Labute approximate surface area is 85.7 Å². The molecule has 0 N–H and O–H groups in total. The number of ketones is 1. The van der Waals surface area contributed by atoms with Gasteiger partial charge in [0, 0.05) is 12.5 Å². The number of halogens is 3. The van der Waals surface area contributed by atoms with Gasteiger partial charge in [-0.3, -0.25) is 4.79 Å². The Morgan fingerprint density at radius 2 is 2.00 bits per heavy atom. The predicted octanol–water partition coefficient (Wildman–Crippen LogP) is 3.49. The highest BCUT2D eigenvalue weighted by Gasteiger charge is 2.34. The number of rotatable bonds is 2. The molecule has 0 spiro atoms. The van der Waals surface area contributed by atoms with Crippen LogP contribution < -0.4 is 0 Å². The third-order valence-electron chi connectivity index (χ3n) is 1.77. The number of aryl methyl sites for hydroxylation is 1. The van der Waals surface area contributed by atoms with E-state index in [0.29, 0.717) is 6.92 Å². The van der Waals surface area contributed by atoms with Gasteiger partial charge in [0.2, 0.25) is 5.78 Å². The summed E-state index contributed by atoms with van der Waals surface area (Å²) in [7, 11) is 0. The SMILES string of the molecule is Cc1ccc(Cl)c(C(=O)C(C)(F)F)c1. The minimum absolute atomic E-state index is 0.0575. The highest BCUT2D eigenvalue weighted by atomic mass is 35.5. The Morgan fingerprint density at radius 1 is 1.43 bits per heavy atom. The smallest absolute Gasteiger partial charge is 0.287 e. The second kappa shape index (κ2) is 3.65. The molecule has 76 valence electrons. The van der Waals surface area contributed by atoms with Crippen molar-refractivity contribution in [1.29, 1.82) is 0 Å². The summed E-state index contributed by atoms with van der Waals surface area (Å²) in [6, 6.07) is 4.46. The van der Waals surface area contributed by atoms with Crippen molar-refractivity contribution in [1.82, 2.24) is 0 Å². The molecule has 0 bridgehead atoms. The fourth-order valence-corrected chi connectivity index (χ4v) is 1.25. The predicted molar refractivity (Wildman–Crippen MR) is 51.1 cm³/mol. The van der Waals surface area contributed by atoms with E-state index in [0.717, 1.165) is 5.56 Å². The summed E-state index contributed by atoms with van der Waals surface area (Å²) in [5.41, 5.74) is 0.598. The third-order valence-corrected chi connectivity index (χ3v) is 2.09. The van der Waals surface area contributed by atoms with E-state index in [4.69, 9.17) is 11.6 Å². The highest BCUT2D eigenvalue weighted by molar-refractivity contribution is 6.34. The van der Waals surface area contributed by atoms with E-state index in [-0.39, 0.29) is 10.6 Å². The van der Waals surface area contributed by atoms with Crippen LogP contribution in [0, 0.1) is 6.92 Å². The molecule has 0 saturated heterocycles. The fourth-order valence-electron chi connectivity index (χ4n) is 1.05. The monoisotopic (exact) mass is 218 g/mol. The summed E-state index contributed by atoms with van der Waals surface area (Å²) in [4.78, 5) is 11.2. The van der Waals surface area contributed by atoms with Crippen LogP contribution in [-0.4, -0.2) is 11.7 Å². The lowest BCUT2D eigenvalue weighted by Gasteiger charge is -2.10. The molecular formula is C10H9ClF2O. The first kappa shape index (κ1) is 11.1. The maximum Gasteiger partial charge on any atom is 0.307 e. The second-order valence-corrected chi connectivity index (χ2v) is 3.61. The van der Waals surface area contributed by atoms with Gasteiger partial charge in [0.1, 0.15) is 0 Å². The quantitative estimate of drug-likeness (QED) is 0.695. The molecule has 1 aromatic rings. The second-order valence-electron chi connectivity index (χ2n) is 3.20. The number of carbonyl (C=O) groups is 1. The van der Waals surface area contributed by atoms with Gasteiger partial charge < -0.3 is 0 Å². The molecule has 0 aliphatic carbocycles. The average molecular weight is 219 g/mol. The lowest BCUT2D eigenvalue weighted by atomic mass is 10.0. The number of benzene rings is 1. The van der Waals surface area contributed by atoms with Crippen molar-refractivity contribution >= 4 is 17.4 Å². The maximum absolute atomic E-state index is 12.7. The van der Waals surface area contributed by atoms with Gasteiger partial charge >= 0.3 is 5.92 Å². The molecular weight excluding hydrogens is 210 g/mol. The zero-order valence-electron chi connectivity index (χ0n) is 7.77. The summed E-state index contributed by atoms with van der Waals surface area (Å²) >= 11 is 5.64. The molecule has 0 atom stereocenters.